The first-order valence-electron chi connectivity index (χ1n) is 11.3. The summed E-state index contributed by atoms with van der Waals surface area (Å²) in [6.45, 7) is 0. The highest BCUT2D eigenvalue weighted by Crippen LogP contribution is 2.35. The van der Waals surface area contributed by atoms with Crippen molar-refractivity contribution in [1.29, 1.82) is 0 Å². The number of aromatic hydroxyl groups is 2. The molecule has 39 heavy (non-hydrogen) atoms. The molecule has 1 fully saturated rings. The number of nitrogens with zero attached hydrogens (tertiary/aromatic N) is 3. The third kappa shape index (κ3) is 6.68. The molecule has 13 heteroatoms. The van der Waals surface area contributed by atoms with Gasteiger partial charge in [0.25, 0.3) is 0 Å². The third-order valence-corrected chi connectivity index (χ3v) is 6.57. The molecular formula is C26H21F3N4O5S. The molecule has 0 bridgehead atoms. The Morgan fingerprint density at radius 2 is 1.87 bits per heavy atom. The van der Waals surface area contributed by atoms with Crippen LogP contribution in [0.1, 0.15) is 17.5 Å². The van der Waals surface area contributed by atoms with Crippen LogP contribution in [0.2, 0.25) is 0 Å². The first kappa shape index (κ1) is 27.5. The van der Waals surface area contributed by atoms with Gasteiger partial charge >= 0.3 is 6.18 Å². The van der Waals surface area contributed by atoms with E-state index in [0.29, 0.717) is 11.3 Å². The highest BCUT2D eigenvalue weighted by molar-refractivity contribution is 8.16. The molecule has 2 amide bonds. The predicted molar refractivity (Wildman–Crippen MR) is 141 cm³/mol. The van der Waals surface area contributed by atoms with Crippen molar-refractivity contribution in [3.63, 3.8) is 0 Å². The SMILES string of the molecule is COc1cc(/C=N/N=C2/SC(CC(=O)Nc3cccc(C(F)(F)F)c3)C(=O)N2c2ccc(O)cc2)ccc1O. The van der Waals surface area contributed by atoms with E-state index in [1.807, 2.05) is 0 Å². The molecule has 0 spiro atoms. The summed E-state index contributed by atoms with van der Waals surface area (Å²) in [6, 6.07) is 14.5. The minimum atomic E-state index is -4.57. The van der Waals surface area contributed by atoms with E-state index in [-0.39, 0.29) is 34.5 Å². The van der Waals surface area contributed by atoms with Crippen molar-refractivity contribution in [2.75, 3.05) is 17.3 Å². The Hall–Kier alpha value is -4.52. The zero-order valence-corrected chi connectivity index (χ0v) is 21.0. The van der Waals surface area contributed by atoms with Crippen LogP contribution < -0.4 is 15.0 Å². The van der Waals surface area contributed by atoms with Crippen LogP contribution >= 0.6 is 11.8 Å². The molecule has 0 saturated carbocycles. The molecule has 3 aromatic rings. The molecule has 0 aromatic heterocycles. The average molecular weight is 559 g/mol. The molecule has 1 atom stereocenters. The molecule has 202 valence electrons. The van der Waals surface area contributed by atoms with E-state index in [4.69, 9.17) is 4.74 Å². The number of ether oxygens (including phenoxy) is 1. The maximum atomic E-state index is 13.3. The van der Waals surface area contributed by atoms with E-state index in [2.05, 4.69) is 15.5 Å². The molecular weight excluding hydrogens is 537 g/mol. The van der Waals surface area contributed by atoms with Crippen LogP contribution in [-0.2, 0) is 15.8 Å². The number of nitrogens with one attached hydrogen (secondary N) is 1. The largest absolute Gasteiger partial charge is 0.508 e. The number of methoxy groups -OCH3 is 1. The minimum absolute atomic E-state index is 0.0205. The zero-order chi connectivity index (χ0) is 28.2. The number of hydrogen-bond donors (Lipinski definition) is 3. The van der Waals surface area contributed by atoms with Crippen LogP contribution in [0, 0.1) is 0 Å². The molecule has 3 aromatic carbocycles. The number of carbonyl (C=O) groups excluding carboxylic acids is 2. The smallest absolute Gasteiger partial charge is 0.416 e. The van der Waals surface area contributed by atoms with E-state index < -0.39 is 28.8 Å². The van der Waals surface area contributed by atoms with Crippen molar-refractivity contribution in [3.8, 4) is 17.2 Å². The van der Waals surface area contributed by atoms with Gasteiger partial charge in [0, 0.05) is 12.1 Å². The number of halogens is 3. The maximum absolute atomic E-state index is 13.3. The van der Waals surface area contributed by atoms with Crippen molar-refractivity contribution in [2.45, 2.75) is 17.8 Å². The van der Waals surface area contributed by atoms with E-state index in [1.54, 1.807) is 6.07 Å². The first-order valence-corrected chi connectivity index (χ1v) is 12.2. The zero-order valence-electron chi connectivity index (χ0n) is 20.2. The standard InChI is InChI=1S/C26H21F3N4O5S/c1-38-21-11-15(5-10-20(21)35)14-30-32-25-33(18-6-8-19(34)9-7-18)24(37)22(39-25)13-23(36)31-17-4-2-3-16(12-17)26(27,28)29/h2-12,14,22,34-35H,13H2,1H3,(H,31,36)/b30-14+,32-25+. The molecule has 1 unspecified atom stereocenters. The fourth-order valence-corrected chi connectivity index (χ4v) is 4.67. The molecule has 9 nitrogen and oxygen atoms in total. The van der Waals surface area contributed by atoms with Crippen molar-refractivity contribution >= 4 is 46.3 Å². The molecule has 1 aliphatic heterocycles. The lowest BCUT2D eigenvalue weighted by molar-refractivity contribution is -0.137. The summed E-state index contributed by atoms with van der Waals surface area (Å²) in [4.78, 5) is 27.1. The lowest BCUT2D eigenvalue weighted by atomic mass is 10.2. The predicted octanol–water partition coefficient (Wildman–Crippen LogP) is 4.99. The summed E-state index contributed by atoms with van der Waals surface area (Å²) < 4.78 is 44.1. The van der Waals surface area contributed by atoms with E-state index in [1.165, 1.54) is 66.8 Å². The van der Waals surface area contributed by atoms with Crippen molar-refractivity contribution in [2.24, 2.45) is 10.2 Å². The van der Waals surface area contributed by atoms with Crippen LogP contribution in [0.15, 0.2) is 76.9 Å². The van der Waals surface area contributed by atoms with Crippen LogP contribution in [-0.4, -0.2) is 45.8 Å². The van der Waals surface area contributed by atoms with E-state index in [0.717, 1.165) is 23.9 Å². The van der Waals surface area contributed by atoms with E-state index in [9.17, 15) is 33.0 Å². The molecule has 1 aliphatic rings. The van der Waals surface area contributed by atoms with Crippen LogP contribution in [0.5, 0.6) is 17.2 Å². The van der Waals surface area contributed by atoms with Crippen molar-refractivity contribution in [3.05, 3.63) is 77.9 Å². The van der Waals surface area contributed by atoms with Gasteiger partial charge in [0.2, 0.25) is 11.8 Å². The van der Waals surface area contributed by atoms with Gasteiger partial charge in [0.05, 0.1) is 24.6 Å². The number of hydrogen-bond acceptors (Lipinski definition) is 8. The van der Waals surface area contributed by atoms with Crippen molar-refractivity contribution < 1.29 is 37.7 Å². The molecule has 3 N–H and O–H groups in total. The van der Waals surface area contributed by atoms with Gasteiger partial charge in [-0.2, -0.15) is 18.3 Å². The second-order valence-corrected chi connectivity index (χ2v) is 9.36. The highest BCUT2D eigenvalue weighted by Gasteiger charge is 2.40. The number of rotatable bonds is 7. The topological polar surface area (TPSA) is 124 Å². The summed E-state index contributed by atoms with van der Waals surface area (Å²) in [5.41, 5.74) is -0.0463. The Balaban J connectivity index is 1.54. The van der Waals surface area contributed by atoms with Gasteiger partial charge in [-0.05, 0) is 66.2 Å². The van der Waals surface area contributed by atoms with Crippen molar-refractivity contribution in [1.82, 2.24) is 0 Å². The van der Waals surface area contributed by atoms with Crippen LogP contribution in [0.3, 0.4) is 0 Å². The van der Waals surface area contributed by atoms with Gasteiger partial charge in [0.15, 0.2) is 16.7 Å². The highest BCUT2D eigenvalue weighted by atomic mass is 32.2. The fraction of sp³-hybridized carbons (Fsp3) is 0.154. The van der Waals surface area contributed by atoms with Gasteiger partial charge < -0.3 is 20.3 Å². The summed E-state index contributed by atoms with van der Waals surface area (Å²) in [7, 11) is 1.40. The minimum Gasteiger partial charge on any atom is -0.508 e. The molecule has 4 rings (SSSR count). The van der Waals surface area contributed by atoms with Crippen LogP contribution in [0.4, 0.5) is 24.5 Å². The van der Waals surface area contributed by atoms with Gasteiger partial charge in [-0.3, -0.25) is 14.5 Å². The number of alkyl halides is 3. The normalized spacial score (nSPS) is 16.7. The number of amidine groups is 1. The first-order chi connectivity index (χ1) is 18.5. The Morgan fingerprint density at radius 3 is 2.56 bits per heavy atom. The number of phenols is 2. The third-order valence-electron chi connectivity index (χ3n) is 5.44. The summed E-state index contributed by atoms with van der Waals surface area (Å²) in [6.07, 6.45) is -3.53. The second-order valence-electron chi connectivity index (χ2n) is 8.19. The summed E-state index contributed by atoms with van der Waals surface area (Å²) >= 11 is 0.962. The lowest BCUT2D eigenvalue weighted by Crippen LogP contribution is -2.33. The number of carbonyl (C=O) groups is 2. The Kier molecular flexibility index (Phi) is 8.10. The fourth-order valence-electron chi connectivity index (χ4n) is 3.58. The Labute approximate surface area is 224 Å². The number of thioether (sulfide) groups is 1. The Bertz CT molecular complexity index is 1440. The summed E-state index contributed by atoms with van der Waals surface area (Å²) in [5, 5.41) is 29.1. The monoisotopic (exact) mass is 558 g/mol. The number of benzene rings is 3. The van der Waals surface area contributed by atoms with Gasteiger partial charge in [-0.15, -0.1) is 5.10 Å². The molecule has 1 saturated heterocycles. The van der Waals surface area contributed by atoms with Gasteiger partial charge in [-0.25, -0.2) is 0 Å². The summed E-state index contributed by atoms with van der Waals surface area (Å²) in [5.74, 6) is -0.998. The van der Waals surface area contributed by atoms with E-state index >= 15 is 0 Å². The average Bonchev–Trinajstić information content (AvgIpc) is 3.19. The maximum Gasteiger partial charge on any atom is 0.416 e. The second kappa shape index (κ2) is 11.5. The number of anilines is 2. The molecule has 0 radical (unpaired) electrons. The Morgan fingerprint density at radius 1 is 1.13 bits per heavy atom. The molecule has 1 heterocycles. The number of amides is 2. The number of phenolic OH excluding ortho intramolecular Hbond substituents is 2. The van der Waals surface area contributed by atoms with Gasteiger partial charge in [-0.1, -0.05) is 17.8 Å². The van der Waals surface area contributed by atoms with Gasteiger partial charge in [0.1, 0.15) is 11.0 Å². The van der Waals surface area contributed by atoms with Crippen LogP contribution in [0.25, 0.3) is 0 Å². The lowest BCUT2D eigenvalue weighted by Gasteiger charge is -2.16. The quantitative estimate of drug-likeness (QED) is 0.277. The molecule has 0 aliphatic carbocycles.